The summed E-state index contributed by atoms with van der Waals surface area (Å²) in [6.45, 7) is 2.79. The maximum Gasteiger partial charge on any atom is 0.345 e. The summed E-state index contributed by atoms with van der Waals surface area (Å²) < 4.78 is 6.89. The Morgan fingerprint density at radius 2 is 2.00 bits per heavy atom. The van der Waals surface area contributed by atoms with Crippen molar-refractivity contribution in [2.24, 2.45) is 0 Å². The van der Waals surface area contributed by atoms with Crippen molar-refractivity contribution < 1.29 is 14.1 Å². The average Bonchev–Trinajstić information content (AvgIpc) is 2.42. The first kappa shape index (κ1) is 13.6. The molecule has 4 heteroatoms. The highest BCUT2D eigenvalue weighted by Gasteiger charge is 2.16. The second kappa shape index (κ2) is 6.34. The number of hydrogen-bond acceptors (Lipinski definition) is 2. The van der Waals surface area contributed by atoms with Crippen LogP contribution in [0.3, 0.4) is 0 Å². The van der Waals surface area contributed by atoms with Crippen molar-refractivity contribution >= 4 is 17.6 Å². The lowest BCUT2D eigenvalue weighted by molar-refractivity contribution is -0.688. The number of benzene rings is 1. The van der Waals surface area contributed by atoms with E-state index in [-0.39, 0.29) is 0 Å². The molecule has 0 saturated carbocycles. The summed E-state index contributed by atoms with van der Waals surface area (Å²) in [5.41, 5.74) is 1.55. The Bertz CT molecular complexity index is 570. The molecule has 1 aromatic heterocycles. The fraction of sp³-hybridized carbons (Fsp3) is 0.200. The molecular weight excluding hydrogens is 262 g/mol. The third-order valence-electron chi connectivity index (χ3n) is 2.67. The minimum atomic E-state index is -0.394. The quantitative estimate of drug-likeness (QED) is 0.635. The molecule has 1 heterocycles. The molecule has 0 N–H and O–H groups in total. The molecule has 2 aromatic rings. The normalized spacial score (nSPS) is 10.2. The van der Waals surface area contributed by atoms with Crippen LogP contribution in [-0.4, -0.2) is 12.6 Å². The SMILES string of the molecule is CCOC(=O)c1c[n+](Cc2ccccc2)ccc1Cl. The van der Waals surface area contributed by atoms with E-state index in [0.717, 1.165) is 5.56 Å². The van der Waals surface area contributed by atoms with E-state index in [0.29, 0.717) is 23.7 Å². The van der Waals surface area contributed by atoms with Gasteiger partial charge in [-0.1, -0.05) is 41.9 Å². The molecule has 1 aromatic carbocycles. The van der Waals surface area contributed by atoms with Crippen LogP contribution in [0, 0.1) is 0 Å². The molecule has 0 radical (unpaired) electrons. The van der Waals surface area contributed by atoms with E-state index in [2.05, 4.69) is 0 Å². The summed E-state index contributed by atoms with van der Waals surface area (Å²) in [6, 6.07) is 11.7. The first-order valence-electron chi connectivity index (χ1n) is 6.10. The highest BCUT2D eigenvalue weighted by atomic mass is 35.5. The van der Waals surface area contributed by atoms with E-state index < -0.39 is 5.97 Å². The van der Waals surface area contributed by atoms with Gasteiger partial charge in [-0.15, -0.1) is 0 Å². The Morgan fingerprint density at radius 1 is 1.26 bits per heavy atom. The number of carbonyl (C=O) groups is 1. The molecule has 3 nitrogen and oxygen atoms in total. The summed E-state index contributed by atoms with van der Waals surface area (Å²) >= 11 is 6.02. The molecular formula is C15H15ClNO2+. The van der Waals surface area contributed by atoms with E-state index >= 15 is 0 Å². The van der Waals surface area contributed by atoms with Crippen LogP contribution < -0.4 is 4.57 Å². The topological polar surface area (TPSA) is 30.2 Å². The average molecular weight is 277 g/mol. The number of rotatable bonds is 4. The lowest BCUT2D eigenvalue weighted by Crippen LogP contribution is -2.34. The molecule has 0 fully saturated rings. The van der Waals surface area contributed by atoms with Crippen molar-refractivity contribution in [3.63, 3.8) is 0 Å². The van der Waals surface area contributed by atoms with Gasteiger partial charge in [0.15, 0.2) is 18.9 Å². The van der Waals surface area contributed by atoms with E-state index in [1.165, 1.54) is 0 Å². The second-order valence-corrected chi connectivity index (χ2v) is 4.49. The molecule has 19 heavy (non-hydrogen) atoms. The maximum absolute atomic E-state index is 11.8. The highest BCUT2D eigenvalue weighted by molar-refractivity contribution is 6.33. The molecule has 0 amide bonds. The molecule has 0 bridgehead atoms. The Morgan fingerprint density at radius 3 is 2.68 bits per heavy atom. The van der Waals surface area contributed by atoms with Crippen LogP contribution in [-0.2, 0) is 11.3 Å². The maximum atomic E-state index is 11.8. The van der Waals surface area contributed by atoms with Gasteiger partial charge < -0.3 is 4.74 Å². The largest absolute Gasteiger partial charge is 0.462 e. The first-order valence-corrected chi connectivity index (χ1v) is 6.48. The van der Waals surface area contributed by atoms with Crippen LogP contribution in [0.25, 0.3) is 0 Å². The number of hydrogen-bond donors (Lipinski definition) is 0. The zero-order valence-electron chi connectivity index (χ0n) is 10.7. The van der Waals surface area contributed by atoms with Crippen molar-refractivity contribution in [2.45, 2.75) is 13.5 Å². The molecule has 0 atom stereocenters. The van der Waals surface area contributed by atoms with Gasteiger partial charge >= 0.3 is 5.97 Å². The van der Waals surface area contributed by atoms with Gasteiger partial charge in [0.2, 0.25) is 0 Å². The fourth-order valence-electron chi connectivity index (χ4n) is 1.77. The Balaban J connectivity index is 2.23. The Labute approximate surface area is 117 Å². The van der Waals surface area contributed by atoms with E-state index in [1.54, 1.807) is 19.2 Å². The molecule has 0 spiro atoms. The van der Waals surface area contributed by atoms with Crippen LogP contribution in [0.1, 0.15) is 22.8 Å². The third kappa shape index (κ3) is 3.55. The molecule has 98 valence electrons. The Hall–Kier alpha value is -1.87. The predicted molar refractivity (Wildman–Crippen MR) is 73.1 cm³/mol. The second-order valence-electron chi connectivity index (χ2n) is 4.08. The molecule has 0 saturated heterocycles. The summed E-state index contributed by atoms with van der Waals surface area (Å²) in [4.78, 5) is 11.8. The lowest BCUT2D eigenvalue weighted by Gasteiger charge is -2.03. The zero-order chi connectivity index (χ0) is 13.7. The van der Waals surface area contributed by atoms with E-state index in [9.17, 15) is 4.79 Å². The van der Waals surface area contributed by atoms with Crippen molar-refractivity contribution in [2.75, 3.05) is 6.61 Å². The van der Waals surface area contributed by atoms with Crippen LogP contribution >= 0.6 is 11.6 Å². The lowest BCUT2D eigenvalue weighted by atomic mass is 10.2. The van der Waals surface area contributed by atoms with Gasteiger partial charge in [0.05, 0.1) is 11.6 Å². The minimum absolute atomic E-state index is 0.336. The monoisotopic (exact) mass is 276 g/mol. The van der Waals surface area contributed by atoms with Crippen LogP contribution in [0.2, 0.25) is 5.02 Å². The molecule has 0 aliphatic heterocycles. The number of ether oxygens (including phenoxy) is 1. The van der Waals surface area contributed by atoms with Crippen LogP contribution in [0.4, 0.5) is 0 Å². The van der Waals surface area contributed by atoms with Crippen molar-refractivity contribution in [1.82, 2.24) is 0 Å². The van der Waals surface area contributed by atoms with Gasteiger partial charge in [0.1, 0.15) is 5.56 Å². The van der Waals surface area contributed by atoms with Crippen molar-refractivity contribution in [1.29, 1.82) is 0 Å². The van der Waals surface area contributed by atoms with Crippen molar-refractivity contribution in [3.8, 4) is 0 Å². The number of nitrogens with zero attached hydrogens (tertiary/aromatic N) is 1. The summed E-state index contributed by atoms with van der Waals surface area (Å²) in [7, 11) is 0. The molecule has 0 aliphatic rings. The highest BCUT2D eigenvalue weighted by Crippen LogP contribution is 2.14. The summed E-state index contributed by atoms with van der Waals surface area (Å²) in [5, 5.41) is 0.405. The molecule has 0 unspecified atom stereocenters. The number of carbonyl (C=O) groups excluding carboxylic acids is 1. The summed E-state index contributed by atoms with van der Waals surface area (Å²) in [5.74, 6) is -0.394. The van der Waals surface area contributed by atoms with E-state index in [4.69, 9.17) is 16.3 Å². The number of pyridine rings is 1. The molecule has 0 aliphatic carbocycles. The molecule has 2 rings (SSSR count). The van der Waals surface area contributed by atoms with Gasteiger partial charge in [-0.25, -0.2) is 4.79 Å². The van der Waals surface area contributed by atoms with Gasteiger partial charge in [-0.05, 0) is 6.92 Å². The smallest absolute Gasteiger partial charge is 0.345 e. The minimum Gasteiger partial charge on any atom is -0.462 e. The summed E-state index contributed by atoms with van der Waals surface area (Å²) in [6.07, 6.45) is 3.56. The predicted octanol–water partition coefficient (Wildman–Crippen LogP) is 2.85. The number of halogens is 1. The van der Waals surface area contributed by atoms with Gasteiger partial charge in [0.25, 0.3) is 0 Å². The van der Waals surface area contributed by atoms with Crippen LogP contribution in [0.5, 0.6) is 0 Å². The van der Waals surface area contributed by atoms with Gasteiger partial charge in [0, 0.05) is 11.6 Å². The zero-order valence-corrected chi connectivity index (χ0v) is 11.4. The standard InChI is InChI=1S/C15H15ClNO2/c1-2-19-15(18)13-11-17(9-8-14(13)16)10-12-6-4-3-5-7-12/h3-9,11H,2,10H2,1H3/q+1. The van der Waals surface area contributed by atoms with Gasteiger partial charge in [-0.3, -0.25) is 0 Å². The fourth-order valence-corrected chi connectivity index (χ4v) is 1.96. The third-order valence-corrected chi connectivity index (χ3v) is 3.00. The first-order chi connectivity index (χ1) is 9.20. The van der Waals surface area contributed by atoms with E-state index in [1.807, 2.05) is 41.1 Å². The van der Waals surface area contributed by atoms with Gasteiger partial charge in [-0.2, -0.15) is 4.57 Å². The Kier molecular flexibility index (Phi) is 4.53. The van der Waals surface area contributed by atoms with Crippen LogP contribution in [0.15, 0.2) is 48.8 Å². The number of esters is 1. The number of aromatic nitrogens is 1. The van der Waals surface area contributed by atoms with Crippen molar-refractivity contribution in [3.05, 3.63) is 64.9 Å².